The summed E-state index contributed by atoms with van der Waals surface area (Å²) < 4.78 is 32.7. The van der Waals surface area contributed by atoms with Crippen LogP contribution in [-0.4, -0.2) is 31.3 Å². The third kappa shape index (κ3) is 3.97. The van der Waals surface area contributed by atoms with Crippen LogP contribution in [-0.2, 0) is 26.2 Å². The van der Waals surface area contributed by atoms with Gasteiger partial charge in [-0.1, -0.05) is 48.5 Å². The summed E-state index contributed by atoms with van der Waals surface area (Å²) in [6.07, 6.45) is 1.30. The van der Waals surface area contributed by atoms with Crippen molar-refractivity contribution in [3.05, 3.63) is 65.7 Å². The van der Waals surface area contributed by atoms with Gasteiger partial charge in [-0.3, -0.25) is 4.79 Å². The van der Waals surface area contributed by atoms with Crippen LogP contribution in [0.3, 0.4) is 0 Å². The molecule has 1 aliphatic heterocycles. The van der Waals surface area contributed by atoms with E-state index in [2.05, 4.69) is 0 Å². The highest BCUT2D eigenvalue weighted by Crippen LogP contribution is 2.30. The lowest BCUT2D eigenvalue weighted by Gasteiger charge is -2.25. The number of nitrogens with zero attached hydrogens (tertiary/aromatic N) is 1. The Kier molecular flexibility index (Phi) is 5.74. The van der Waals surface area contributed by atoms with Crippen molar-refractivity contribution >= 4 is 15.9 Å². The first kappa shape index (κ1) is 18.6. The number of ether oxygens (including phenoxy) is 1. The number of hydrogen-bond donors (Lipinski definition) is 0. The summed E-state index contributed by atoms with van der Waals surface area (Å²) in [6.45, 7) is 2.63. The molecule has 5 nitrogen and oxygen atoms in total. The van der Waals surface area contributed by atoms with Gasteiger partial charge in [0.25, 0.3) is 10.0 Å². The molecule has 1 fully saturated rings. The van der Waals surface area contributed by atoms with Gasteiger partial charge in [0.1, 0.15) is 0 Å². The molecule has 0 N–H and O–H groups in total. The minimum absolute atomic E-state index is 0.199. The van der Waals surface area contributed by atoms with Gasteiger partial charge >= 0.3 is 0 Å². The lowest BCUT2D eigenvalue weighted by atomic mass is 10.2. The average Bonchev–Trinajstić information content (AvgIpc) is 3.01. The SMILES string of the molecule is Cc1ccccc1S(=O)(=O)N1C(=O)CC[C@H]1CCOCc1ccccc1. The molecule has 0 aliphatic carbocycles. The Labute approximate surface area is 154 Å². The van der Waals surface area contributed by atoms with Crippen molar-refractivity contribution in [3.63, 3.8) is 0 Å². The zero-order chi connectivity index (χ0) is 18.6. The highest BCUT2D eigenvalue weighted by atomic mass is 32.2. The number of carbonyl (C=O) groups is 1. The van der Waals surface area contributed by atoms with E-state index in [1.807, 2.05) is 30.3 Å². The van der Waals surface area contributed by atoms with E-state index in [4.69, 9.17) is 4.74 Å². The Morgan fingerprint density at radius 3 is 2.50 bits per heavy atom. The third-order valence-corrected chi connectivity index (χ3v) is 6.64. The molecule has 2 aromatic carbocycles. The Hall–Kier alpha value is -2.18. The van der Waals surface area contributed by atoms with Gasteiger partial charge in [-0.2, -0.15) is 0 Å². The molecule has 1 aliphatic rings. The molecule has 0 unspecified atom stereocenters. The van der Waals surface area contributed by atoms with E-state index < -0.39 is 10.0 Å². The quantitative estimate of drug-likeness (QED) is 0.699. The average molecular weight is 373 g/mol. The normalized spacial score (nSPS) is 17.7. The Balaban J connectivity index is 1.66. The summed E-state index contributed by atoms with van der Waals surface area (Å²) in [7, 11) is -3.83. The molecule has 0 aromatic heterocycles. The zero-order valence-corrected chi connectivity index (χ0v) is 15.6. The van der Waals surface area contributed by atoms with Gasteiger partial charge in [0.05, 0.1) is 17.5 Å². The second kappa shape index (κ2) is 8.01. The van der Waals surface area contributed by atoms with Crippen LogP contribution < -0.4 is 0 Å². The topological polar surface area (TPSA) is 63.7 Å². The highest BCUT2D eigenvalue weighted by molar-refractivity contribution is 7.89. The first-order chi connectivity index (χ1) is 12.5. The van der Waals surface area contributed by atoms with Gasteiger partial charge in [0, 0.05) is 13.0 Å². The summed E-state index contributed by atoms with van der Waals surface area (Å²) >= 11 is 0. The van der Waals surface area contributed by atoms with Crippen molar-refractivity contribution in [2.75, 3.05) is 6.61 Å². The first-order valence-corrected chi connectivity index (χ1v) is 10.2. The number of rotatable bonds is 7. The first-order valence-electron chi connectivity index (χ1n) is 8.74. The third-order valence-electron chi connectivity index (χ3n) is 4.61. The van der Waals surface area contributed by atoms with Crippen molar-refractivity contribution in [2.24, 2.45) is 0 Å². The van der Waals surface area contributed by atoms with Crippen molar-refractivity contribution < 1.29 is 17.9 Å². The molecule has 0 saturated carbocycles. The lowest BCUT2D eigenvalue weighted by molar-refractivity contribution is -0.124. The van der Waals surface area contributed by atoms with E-state index in [1.165, 1.54) is 0 Å². The Bertz CT molecular complexity index is 864. The predicted octanol–water partition coefficient (Wildman–Crippen LogP) is 3.28. The van der Waals surface area contributed by atoms with Gasteiger partial charge in [-0.25, -0.2) is 12.7 Å². The van der Waals surface area contributed by atoms with Crippen LogP contribution in [0.4, 0.5) is 0 Å². The van der Waals surface area contributed by atoms with E-state index in [0.29, 0.717) is 31.6 Å². The molecule has 0 bridgehead atoms. The van der Waals surface area contributed by atoms with Crippen LogP contribution in [0.25, 0.3) is 0 Å². The van der Waals surface area contributed by atoms with Gasteiger partial charge in [0.15, 0.2) is 0 Å². The maximum absolute atomic E-state index is 13.0. The molecule has 1 heterocycles. The fraction of sp³-hybridized carbons (Fsp3) is 0.350. The van der Waals surface area contributed by atoms with Crippen molar-refractivity contribution in [1.82, 2.24) is 4.31 Å². The van der Waals surface area contributed by atoms with E-state index in [9.17, 15) is 13.2 Å². The van der Waals surface area contributed by atoms with Crippen molar-refractivity contribution in [2.45, 2.75) is 43.7 Å². The summed E-state index contributed by atoms with van der Waals surface area (Å²) in [6, 6.07) is 16.2. The highest BCUT2D eigenvalue weighted by Gasteiger charge is 2.40. The number of benzene rings is 2. The van der Waals surface area contributed by atoms with Gasteiger partial charge < -0.3 is 4.74 Å². The largest absolute Gasteiger partial charge is 0.377 e. The lowest BCUT2D eigenvalue weighted by Crippen LogP contribution is -2.39. The van der Waals surface area contributed by atoms with E-state index in [-0.39, 0.29) is 23.3 Å². The second-order valence-electron chi connectivity index (χ2n) is 6.48. The van der Waals surface area contributed by atoms with Crippen LogP contribution >= 0.6 is 0 Å². The monoisotopic (exact) mass is 373 g/mol. The second-order valence-corrected chi connectivity index (χ2v) is 8.26. The number of sulfonamides is 1. The molecule has 0 radical (unpaired) electrons. The fourth-order valence-electron chi connectivity index (χ4n) is 3.25. The van der Waals surface area contributed by atoms with Crippen LogP contribution in [0.15, 0.2) is 59.5 Å². The Morgan fingerprint density at radius 1 is 1.08 bits per heavy atom. The number of hydrogen-bond acceptors (Lipinski definition) is 4. The van der Waals surface area contributed by atoms with Gasteiger partial charge in [-0.15, -0.1) is 0 Å². The molecule has 6 heteroatoms. The smallest absolute Gasteiger partial charge is 0.267 e. The molecule has 1 atom stereocenters. The maximum atomic E-state index is 13.0. The maximum Gasteiger partial charge on any atom is 0.267 e. The molecule has 1 amide bonds. The van der Waals surface area contributed by atoms with Gasteiger partial charge in [-0.05, 0) is 37.0 Å². The van der Waals surface area contributed by atoms with Crippen molar-refractivity contribution in [3.8, 4) is 0 Å². The van der Waals surface area contributed by atoms with E-state index in [0.717, 1.165) is 9.87 Å². The fourth-order valence-corrected chi connectivity index (χ4v) is 5.15. The molecule has 1 saturated heterocycles. The predicted molar refractivity (Wildman–Crippen MR) is 98.9 cm³/mol. The zero-order valence-electron chi connectivity index (χ0n) is 14.8. The number of amides is 1. The molecule has 3 rings (SSSR count). The van der Waals surface area contributed by atoms with Crippen LogP contribution in [0.5, 0.6) is 0 Å². The van der Waals surface area contributed by atoms with Crippen LogP contribution in [0.1, 0.15) is 30.4 Å². The standard InChI is InChI=1S/C20H23NO4S/c1-16-7-5-6-10-19(16)26(23,24)21-18(11-12-20(21)22)13-14-25-15-17-8-3-2-4-9-17/h2-10,18H,11-15H2,1H3/t18-/m0/s1. The molecule has 138 valence electrons. The summed E-state index contributed by atoms with van der Waals surface area (Å²) in [4.78, 5) is 12.5. The van der Waals surface area contributed by atoms with Crippen LogP contribution in [0.2, 0.25) is 0 Å². The van der Waals surface area contributed by atoms with E-state index >= 15 is 0 Å². The summed E-state index contributed by atoms with van der Waals surface area (Å²) in [5.74, 6) is -0.332. The number of aryl methyl sites for hydroxylation is 1. The number of carbonyl (C=O) groups excluding carboxylic acids is 1. The molecular formula is C20H23NO4S. The van der Waals surface area contributed by atoms with Crippen LogP contribution in [0, 0.1) is 6.92 Å². The molecular weight excluding hydrogens is 350 g/mol. The Morgan fingerprint density at radius 2 is 1.77 bits per heavy atom. The van der Waals surface area contributed by atoms with Gasteiger partial charge in [0.2, 0.25) is 5.91 Å². The molecule has 0 spiro atoms. The van der Waals surface area contributed by atoms with E-state index in [1.54, 1.807) is 31.2 Å². The molecule has 26 heavy (non-hydrogen) atoms. The summed E-state index contributed by atoms with van der Waals surface area (Å²) in [5, 5.41) is 0. The molecule has 2 aromatic rings. The summed E-state index contributed by atoms with van der Waals surface area (Å²) in [5.41, 5.74) is 1.71. The minimum Gasteiger partial charge on any atom is -0.377 e. The minimum atomic E-state index is -3.83. The van der Waals surface area contributed by atoms with Crippen molar-refractivity contribution in [1.29, 1.82) is 0 Å².